The van der Waals surface area contributed by atoms with Crippen LogP contribution in [-0.4, -0.2) is 115 Å². The van der Waals surface area contributed by atoms with Gasteiger partial charge < -0.3 is 44.7 Å². The van der Waals surface area contributed by atoms with Crippen molar-refractivity contribution in [2.24, 2.45) is 11.8 Å². The second kappa shape index (κ2) is 14.1. The lowest BCUT2D eigenvalue weighted by molar-refractivity contribution is -0.205. The molecule has 2 aliphatic carbocycles. The molecule has 5 fully saturated rings. The molecule has 0 amide bonds. The largest absolute Gasteiger partial charge is 0.466 e. The van der Waals surface area contributed by atoms with E-state index in [2.05, 4.69) is 29.9 Å². The molecular formula is C34H51N9O9. The van der Waals surface area contributed by atoms with Gasteiger partial charge in [-0.05, 0) is 40.5 Å². The van der Waals surface area contributed by atoms with Gasteiger partial charge in [-0.1, -0.05) is 28.7 Å². The lowest BCUT2D eigenvalue weighted by atomic mass is 10.1. The van der Waals surface area contributed by atoms with Crippen LogP contribution in [0.1, 0.15) is 80.5 Å². The molecule has 10 atom stereocenters. The van der Waals surface area contributed by atoms with E-state index in [4.69, 9.17) is 29.4 Å². The van der Waals surface area contributed by atoms with Crippen molar-refractivity contribution in [2.45, 2.75) is 123 Å². The third kappa shape index (κ3) is 5.99. The van der Waals surface area contributed by atoms with Crippen molar-refractivity contribution in [1.82, 2.24) is 39.0 Å². The first-order chi connectivity index (χ1) is 23.9. The molecule has 2 spiro atoms. The van der Waals surface area contributed by atoms with Crippen molar-refractivity contribution >= 4 is 34.1 Å². The highest BCUT2D eigenvalue weighted by Crippen LogP contribution is 2.63. The summed E-state index contributed by atoms with van der Waals surface area (Å²) < 4.78 is 33.1. The van der Waals surface area contributed by atoms with Gasteiger partial charge in [0.1, 0.15) is 59.3 Å². The molecule has 0 aromatic carbocycles. The zero-order valence-corrected chi connectivity index (χ0v) is 28.7. The van der Waals surface area contributed by atoms with E-state index in [0.29, 0.717) is 36.3 Å². The van der Waals surface area contributed by atoms with E-state index in [9.17, 15) is 20.1 Å². The summed E-state index contributed by atoms with van der Waals surface area (Å²) >= 11 is 0. The summed E-state index contributed by atoms with van der Waals surface area (Å²) in [5.41, 5.74) is 7.14. The van der Waals surface area contributed by atoms with Crippen molar-refractivity contribution in [3.05, 3.63) is 31.0 Å². The number of nitrogens with two attached hydrogens (primary N) is 1. The van der Waals surface area contributed by atoms with Gasteiger partial charge in [-0.25, -0.2) is 29.9 Å². The summed E-state index contributed by atoms with van der Waals surface area (Å²) in [5.74, 6) is -1.28. The number of imidazole rings is 2. The van der Waals surface area contributed by atoms with Crippen LogP contribution >= 0.6 is 0 Å². The van der Waals surface area contributed by atoms with Crippen molar-refractivity contribution in [3.8, 4) is 0 Å². The second-order valence-corrected chi connectivity index (χ2v) is 13.3. The van der Waals surface area contributed by atoms with Gasteiger partial charge in [-0.15, -0.1) is 0 Å². The first kappa shape index (κ1) is 39.3. The Hall–Kier alpha value is -3.91. The standard InChI is InChI=1S/C18H22N4O5.C12H15N5O4.C2H6.2CH4/c1-5-24-16(23)10-6-18(10)13-12(25-17(3,4)26-13)15(27-18)22-8-21-11-9(2)19-7-20-14(11)22;13-9-6-10(15-3-14-9)17(4-16-6)11-7(19)8(20)12(21-11)1-5(12)2-18;1-2;;/h7-8,10,12-13,15H,5-6H2,1-4H3;3-5,7-8,11,18-20H,1-2H2,(H2,13,14,15);1-2H3;2*1H4/t10-,12?,13+,15+,18-;5-,7?,8+,11+,12-;;;/m00.../s1. The zero-order valence-electron chi connectivity index (χ0n) is 28.7. The molecule has 5 N–H and O–H groups in total. The highest BCUT2D eigenvalue weighted by atomic mass is 16.8. The number of aliphatic hydroxyl groups is 3. The summed E-state index contributed by atoms with van der Waals surface area (Å²) in [6.45, 7) is 11.7. The first-order valence-corrected chi connectivity index (χ1v) is 16.9. The average molecular weight is 730 g/mol. The minimum Gasteiger partial charge on any atom is -0.466 e. The van der Waals surface area contributed by atoms with Crippen molar-refractivity contribution < 1.29 is 43.8 Å². The summed E-state index contributed by atoms with van der Waals surface area (Å²) in [5, 5.41) is 29.7. The van der Waals surface area contributed by atoms with Gasteiger partial charge in [-0.2, -0.15) is 0 Å². The van der Waals surface area contributed by atoms with Gasteiger partial charge in [-0.3, -0.25) is 13.9 Å². The van der Waals surface area contributed by atoms with Crippen LogP contribution < -0.4 is 5.73 Å². The minimum absolute atomic E-state index is 0. The predicted octanol–water partition coefficient (Wildman–Crippen LogP) is 2.21. The number of ether oxygens (including phenoxy) is 5. The van der Waals surface area contributed by atoms with E-state index in [1.807, 2.05) is 39.2 Å². The lowest BCUT2D eigenvalue weighted by Crippen LogP contribution is -2.34. The Bertz CT molecular complexity index is 1900. The normalized spacial score (nSPS) is 34.5. The Labute approximate surface area is 301 Å². The number of aromatic nitrogens is 8. The quantitative estimate of drug-likeness (QED) is 0.215. The summed E-state index contributed by atoms with van der Waals surface area (Å²) in [6, 6.07) is 0. The molecule has 4 aromatic rings. The van der Waals surface area contributed by atoms with Crippen LogP contribution in [0.2, 0.25) is 0 Å². The molecule has 3 saturated heterocycles. The second-order valence-electron chi connectivity index (χ2n) is 13.3. The van der Waals surface area contributed by atoms with Gasteiger partial charge in [0.15, 0.2) is 35.4 Å². The molecule has 18 nitrogen and oxygen atoms in total. The number of carbonyl (C=O) groups is 1. The van der Waals surface area contributed by atoms with Crippen molar-refractivity contribution in [3.63, 3.8) is 0 Å². The van der Waals surface area contributed by atoms with E-state index in [1.165, 1.54) is 23.5 Å². The maximum Gasteiger partial charge on any atom is 0.312 e. The Morgan fingerprint density at radius 1 is 0.904 bits per heavy atom. The Morgan fingerprint density at radius 3 is 2.17 bits per heavy atom. The van der Waals surface area contributed by atoms with Crippen LogP contribution in [0.5, 0.6) is 0 Å². The van der Waals surface area contributed by atoms with Gasteiger partial charge in [0.05, 0.1) is 30.9 Å². The fraction of sp³-hybridized carbons (Fsp3) is 0.676. The minimum atomic E-state index is -1.13. The maximum absolute atomic E-state index is 12.3. The molecule has 286 valence electrons. The van der Waals surface area contributed by atoms with E-state index in [1.54, 1.807) is 13.3 Å². The van der Waals surface area contributed by atoms with E-state index in [0.717, 1.165) is 11.2 Å². The maximum atomic E-state index is 12.3. The molecule has 9 rings (SSSR count). The summed E-state index contributed by atoms with van der Waals surface area (Å²) in [7, 11) is 0. The van der Waals surface area contributed by atoms with E-state index < -0.39 is 41.7 Å². The molecule has 52 heavy (non-hydrogen) atoms. The van der Waals surface area contributed by atoms with Crippen LogP contribution in [0, 0.1) is 18.8 Å². The Morgan fingerprint density at radius 2 is 1.52 bits per heavy atom. The number of hydrogen-bond acceptors (Lipinski definition) is 16. The molecule has 7 heterocycles. The monoisotopic (exact) mass is 729 g/mol. The molecule has 2 unspecified atom stereocenters. The van der Waals surface area contributed by atoms with E-state index in [-0.39, 0.29) is 57.3 Å². The molecule has 4 aromatic heterocycles. The third-order valence-corrected chi connectivity index (χ3v) is 10.0. The Balaban J connectivity index is 0.000000190. The number of nitrogens with zero attached hydrogens (tertiary/aromatic N) is 8. The smallest absolute Gasteiger partial charge is 0.312 e. The molecule has 2 saturated carbocycles. The zero-order chi connectivity index (χ0) is 35.7. The van der Waals surface area contributed by atoms with Crippen LogP contribution in [0.25, 0.3) is 22.3 Å². The van der Waals surface area contributed by atoms with Crippen LogP contribution in [-0.2, 0) is 28.5 Å². The topological polar surface area (TPSA) is 237 Å². The van der Waals surface area contributed by atoms with Gasteiger partial charge in [0.2, 0.25) is 0 Å². The number of nitrogen functional groups attached to an aromatic ring is 1. The fourth-order valence-electron chi connectivity index (χ4n) is 7.47. The molecule has 3 aliphatic heterocycles. The third-order valence-electron chi connectivity index (χ3n) is 10.0. The van der Waals surface area contributed by atoms with E-state index >= 15 is 0 Å². The van der Waals surface area contributed by atoms with Gasteiger partial charge >= 0.3 is 5.97 Å². The predicted molar refractivity (Wildman–Crippen MR) is 186 cm³/mol. The lowest BCUT2D eigenvalue weighted by Gasteiger charge is -2.25. The highest BCUT2D eigenvalue weighted by molar-refractivity contribution is 5.81. The number of anilines is 1. The van der Waals surface area contributed by atoms with Crippen molar-refractivity contribution in [1.29, 1.82) is 0 Å². The number of aryl methyl sites for hydroxylation is 1. The first-order valence-electron chi connectivity index (χ1n) is 16.9. The van der Waals surface area contributed by atoms with Crippen LogP contribution in [0.4, 0.5) is 5.82 Å². The number of carbonyl (C=O) groups excluding carboxylic acids is 1. The number of aliphatic hydroxyl groups excluding tert-OH is 3. The van der Waals surface area contributed by atoms with Gasteiger partial charge in [0.25, 0.3) is 0 Å². The van der Waals surface area contributed by atoms with Crippen LogP contribution in [0.15, 0.2) is 25.3 Å². The number of fused-ring (bicyclic) bond motifs is 4. The average Bonchev–Trinajstić information content (AvgIpc) is 3.65. The van der Waals surface area contributed by atoms with Crippen molar-refractivity contribution in [2.75, 3.05) is 18.9 Å². The van der Waals surface area contributed by atoms with Gasteiger partial charge in [0, 0.05) is 12.5 Å². The molecule has 0 radical (unpaired) electrons. The number of esters is 1. The Kier molecular flexibility index (Phi) is 10.7. The molecule has 18 heteroatoms. The molecule has 0 bridgehead atoms. The molecule has 5 aliphatic rings. The fourth-order valence-corrected chi connectivity index (χ4v) is 7.47. The SMILES string of the molecule is C.C.CC.CCOC(=O)[C@@H]1C[C@]12O[C@@H](n1cnc3c(C)ncnc31)C1OC(C)(C)O[C@H]12.Nc1ncnc2c1ncn2[C@@H]1O[C@]2(C[C@H]2CO)[C@H](O)C1O. The molecular weight excluding hydrogens is 678 g/mol. The number of rotatable bonds is 5. The van der Waals surface area contributed by atoms with Crippen LogP contribution in [0.3, 0.4) is 0 Å². The summed E-state index contributed by atoms with van der Waals surface area (Å²) in [4.78, 5) is 37.4. The summed E-state index contributed by atoms with van der Waals surface area (Å²) in [6.07, 6.45) is 2.79. The number of hydrogen-bond donors (Lipinski definition) is 4. The highest BCUT2D eigenvalue weighted by Gasteiger charge is 2.76.